The Kier molecular flexibility index (Phi) is 3.38. The second-order valence-corrected chi connectivity index (χ2v) is 6.48. The summed E-state index contributed by atoms with van der Waals surface area (Å²) in [6.07, 6.45) is 2.11. The molecule has 0 unspecified atom stereocenters. The van der Waals surface area contributed by atoms with E-state index in [0.717, 1.165) is 30.4 Å². The fourth-order valence-electron chi connectivity index (χ4n) is 3.09. The van der Waals surface area contributed by atoms with Gasteiger partial charge in [0.25, 0.3) is 0 Å². The molecule has 1 aliphatic rings. The Labute approximate surface area is 132 Å². The van der Waals surface area contributed by atoms with Crippen LogP contribution in [-0.4, -0.2) is 32.3 Å². The van der Waals surface area contributed by atoms with Crippen molar-refractivity contribution in [2.75, 3.05) is 6.54 Å². The molecule has 22 heavy (non-hydrogen) atoms. The van der Waals surface area contributed by atoms with Gasteiger partial charge in [0.05, 0.1) is 11.6 Å². The number of amides is 1. The van der Waals surface area contributed by atoms with Crippen LogP contribution in [0.1, 0.15) is 23.8 Å². The molecule has 0 spiro atoms. The summed E-state index contributed by atoms with van der Waals surface area (Å²) < 4.78 is 1.70. The lowest BCUT2D eigenvalue weighted by molar-refractivity contribution is -0.132. The molecule has 4 rings (SSSR count). The van der Waals surface area contributed by atoms with Gasteiger partial charge in [-0.15, -0.1) is 16.4 Å². The zero-order valence-corrected chi connectivity index (χ0v) is 12.9. The molecular weight excluding hydrogens is 296 g/mol. The zero-order chi connectivity index (χ0) is 14.9. The predicted molar refractivity (Wildman–Crippen MR) is 85.5 cm³/mol. The van der Waals surface area contributed by atoms with Crippen LogP contribution in [0.5, 0.6) is 0 Å². The molecule has 1 aromatic carbocycles. The molecule has 5 nitrogen and oxygen atoms in total. The van der Waals surface area contributed by atoms with Gasteiger partial charge in [0.1, 0.15) is 12.1 Å². The van der Waals surface area contributed by atoms with E-state index in [1.54, 1.807) is 16.0 Å². The Hall–Kier alpha value is -2.21. The highest BCUT2D eigenvalue weighted by molar-refractivity contribution is 7.10. The van der Waals surface area contributed by atoms with Crippen LogP contribution in [0, 0.1) is 0 Å². The average molecular weight is 312 g/mol. The zero-order valence-electron chi connectivity index (χ0n) is 12.1. The van der Waals surface area contributed by atoms with Gasteiger partial charge in [0.15, 0.2) is 0 Å². The molecule has 0 aliphatic carbocycles. The normalized spacial score (nSPS) is 18.2. The van der Waals surface area contributed by atoms with Crippen molar-refractivity contribution >= 4 is 28.3 Å². The van der Waals surface area contributed by atoms with Crippen LogP contribution in [-0.2, 0) is 11.3 Å². The van der Waals surface area contributed by atoms with Crippen LogP contribution in [0.3, 0.4) is 0 Å². The molecule has 0 saturated carbocycles. The monoisotopic (exact) mass is 312 g/mol. The summed E-state index contributed by atoms with van der Waals surface area (Å²) in [6, 6.07) is 12.1. The number of nitrogens with zero attached hydrogens (tertiary/aromatic N) is 4. The summed E-state index contributed by atoms with van der Waals surface area (Å²) in [4.78, 5) is 16.0. The van der Waals surface area contributed by atoms with Crippen molar-refractivity contribution in [3.8, 4) is 0 Å². The summed E-state index contributed by atoms with van der Waals surface area (Å²) in [5.74, 6) is 0.117. The van der Waals surface area contributed by atoms with Gasteiger partial charge >= 0.3 is 0 Å². The number of para-hydroxylation sites is 1. The molecule has 0 radical (unpaired) electrons. The molecular formula is C16H16N4OS. The summed E-state index contributed by atoms with van der Waals surface area (Å²) >= 11 is 1.72. The first-order chi connectivity index (χ1) is 10.8. The van der Waals surface area contributed by atoms with Crippen LogP contribution in [0.2, 0.25) is 0 Å². The molecule has 6 heteroatoms. The quantitative estimate of drug-likeness (QED) is 0.747. The van der Waals surface area contributed by atoms with E-state index >= 15 is 0 Å². The third kappa shape index (κ3) is 2.29. The first kappa shape index (κ1) is 13.5. The highest BCUT2D eigenvalue weighted by Gasteiger charge is 2.30. The fraction of sp³-hybridized carbons (Fsp3) is 0.312. The standard InChI is InChI=1S/C16H16N4OS/c21-16(11-20-13-6-2-1-5-12(13)17-18-20)19-9-3-7-14(19)15-8-4-10-22-15/h1-2,4-6,8,10,14H,3,7,9,11H2/t14-/m0/s1. The van der Waals surface area contributed by atoms with Gasteiger partial charge in [-0.3, -0.25) is 4.79 Å². The third-order valence-electron chi connectivity index (χ3n) is 4.15. The summed E-state index contributed by atoms with van der Waals surface area (Å²) in [5.41, 5.74) is 1.73. The Morgan fingerprint density at radius 2 is 2.18 bits per heavy atom. The van der Waals surface area contributed by atoms with Crippen molar-refractivity contribution in [2.45, 2.75) is 25.4 Å². The van der Waals surface area contributed by atoms with E-state index in [4.69, 9.17) is 0 Å². The summed E-state index contributed by atoms with van der Waals surface area (Å²) in [6.45, 7) is 1.08. The molecule has 1 fully saturated rings. The lowest BCUT2D eigenvalue weighted by Gasteiger charge is -2.23. The molecule has 0 N–H and O–H groups in total. The Balaban J connectivity index is 1.57. The molecule has 3 heterocycles. The van der Waals surface area contributed by atoms with Gasteiger partial charge in [0.2, 0.25) is 5.91 Å². The minimum absolute atomic E-state index is 0.117. The number of benzene rings is 1. The number of carbonyl (C=O) groups excluding carboxylic acids is 1. The smallest absolute Gasteiger partial charge is 0.244 e. The molecule has 1 aliphatic heterocycles. The van der Waals surface area contributed by atoms with Gasteiger partial charge in [-0.25, -0.2) is 4.68 Å². The molecule has 112 valence electrons. The molecule has 1 saturated heterocycles. The largest absolute Gasteiger partial charge is 0.333 e. The van der Waals surface area contributed by atoms with Crippen LogP contribution < -0.4 is 0 Å². The number of hydrogen-bond acceptors (Lipinski definition) is 4. The number of likely N-dealkylation sites (tertiary alicyclic amines) is 1. The molecule has 2 aromatic heterocycles. The van der Waals surface area contributed by atoms with Crippen molar-refractivity contribution in [3.05, 3.63) is 46.7 Å². The second-order valence-electron chi connectivity index (χ2n) is 5.50. The highest BCUT2D eigenvalue weighted by Crippen LogP contribution is 2.34. The van der Waals surface area contributed by atoms with Crippen LogP contribution in [0.4, 0.5) is 0 Å². The Morgan fingerprint density at radius 1 is 1.27 bits per heavy atom. The van der Waals surface area contributed by atoms with Crippen LogP contribution in [0.25, 0.3) is 11.0 Å². The SMILES string of the molecule is O=C(Cn1nnc2ccccc21)N1CCC[C@H]1c1cccs1. The summed E-state index contributed by atoms with van der Waals surface area (Å²) in [7, 11) is 0. The fourth-order valence-corrected chi connectivity index (χ4v) is 3.97. The Bertz CT molecular complexity index is 795. The number of thiophene rings is 1. The van der Waals surface area contributed by atoms with E-state index in [2.05, 4.69) is 21.8 Å². The number of carbonyl (C=O) groups is 1. The van der Waals surface area contributed by atoms with Gasteiger partial charge in [-0.1, -0.05) is 23.4 Å². The van der Waals surface area contributed by atoms with Crippen LogP contribution >= 0.6 is 11.3 Å². The van der Waals surface area contributed by atoms with Crippen molar-refractivity contribution in [1.82, 2.24) is 19.9 Å². The Morgan fingerprint density at radius 3 is 3.05 bits per heavy atom. The van der Waals surface area contributed by atoms with E-state index in [1.807, 2.05) is 35.2 Å². The summed E-state index contributed by atoms with van der Waals surface area (Å²) in [5, 5.41) is 10.3. The van der Waals surface area contributed by atoms with E-state index < -0.39 is 0 Å². The van der Waals surface area contributed by atoms with Crippen molar-refractivity contribution < 1.29 is 4.79 Å². The lowest BCUT2D eigenvalue weighted by atomic mass is 10.2. The van der Waals surface area contributed by atoms with Gasteiger partial charge < -0.3 is 4.90 Å². The number of aromatic nitrogens is 3. The average Bonchev–Trinajstić information content (AvgIpc) is 3.27. The maximum atomic E-state index is 12.7. The highest BCUT2D eigenvalue weighted by atomic mass is 32.1. The minimum Gasteiger partial charge on any atom is -0.333 e. The molecule has 1 atom stereocenters. The van der Waals surface area contributed by atoms with Gasteiger partial charge in [0, 0.05) is 11.4 Å². The van der Waals surface area contributed by atoms with Crippen molar-refractivity contribution in [2.24, 2.45) is 0 Å². The predicted octanol–water partition coefficient (Wildman–Crippen LogP) is 2.86. The molecule has 0 bridgehead atoms. The number of hydrogen-bond donors (Lipinski definition) is 0. The topological polar surface area (TPSA) is 51.0 Å². The third-order valence-corrected chi connectivity index (χ3v) is 5.12. The maximum absolute atomic E-state index is 12.7. The number of fused-ring (bicyclic) bond motifs is 1. The first-order valence-corrected chi connectivity index (χ1v) is 8.32. The molecule has 1 amide bonds. The van der Waals surface area contributed by atoms with Crippen LogP contribution in [0.15, 0.2) is 41.8 Å². The lowest BCUT2D eigenvalue weighted by Crippen LogP contribution is -2.33. The van der Waals surface area contributed by atoms with Crippen molar-refractivity contribution in [3.63, 3.8) is 0 Å². The first-order valence-electron chi connectivity index (χ1n) is 7.44. The number of rotatable bonds is 3. The van der Waals surface area contributed by atoms with Gasteiger partial charge in [-0.2, -0.15) is 0 Å². The van der Waals surface area contributed by atoms with E-state index in [1.165, 1.54) is 4.88 Å². The van der Waals surface area contributed by atoms with E-state index in [-0.39, 0.29) is 18.5 Å². The second kappa shape index (κ2) is 5.53. The van der Waals surface area contributed by atoms with E-state index in [9.17, 15) is 4.79 Å². The molecule has 3 aromatic rings. The van der Waals surface area contributed by atoms with Gasteiger partial charge in [-0.05, 0) is 36.4 Å². The minimum atomic E-state index is 0.117. The maximum Gasteiger partial charge on any atom is 0.244 e. The van der Waals surface area contributed by atoms with E-state index in [0.29, 0.717) is 0 Å². The van der Waals surface area contributed by atoms with Crippen molar-refractivity contribution in [1.29, 1.82) is 0 Å².